The van der Waals surface area contributed by atoms with E-state index in [-0.39, 0.29) is 28.9 Å². The van der Waals surface area contributed by atoms with E-state index in [9.17, 15) is 14.7 Å². The molecular formula is C15H20BrNO4. The molecule has 0 bridgehead atoms. The maximum atomic E-state index is 12.6. The second-order valence-corrected chi connectivity index (χ2v) is 7.42. The number of aromatic hydroxyl groups is 1. The lowest BCUT2D eigenvalue weighted by Gasteiger charge is -2.32. The minimum Gasteiger partial charge on any atom is -0.506 e. The summed E-state index contributed by atoms with van der Waals surface area (Å²) in [7, 11) is 1.28. The molecule has 0 spiro atoms. The third-order valence-corrected chi connectivity index (χ3v) is 3.24. The average molecular weight is 358 g/mol. The fourth-order valence-electron chi connectivity index (χ4n) is 1.87. The van der Waals surface area contributed by atoms with E-state index in [0.29, 0.717) is 0 Å². The molecule has 0 aromatic heterocycles. The predicted molar refractivity (Wildman–Crippen MR) is 85.1 cm³/mol. The SMILES string of the molecule is COC(=O)c1ccc(O)c(N(C(=O)C(C)(C)Br)C(C)C)c1. The van der Waals surface area contributed by atoms with Gasteiger partial charge in [0, 0.05) is 6.04 Å². The van der Waals surface area contributed by atoms with Crippen molar-refractivity contribution < 1.29 is 19.4 Å². The number of rotatable bonds is 4. The number of benzene rings is 1. The summed E-state index contributed by atoms with van der Waals surface area (Å²) >= 11 is 3.33. The minimum absolute atomic E-state index is 0.0681. The quantitative estimate of drug-likeness (QED) is 0.664. The van der Waals surface area contributed by atoms with Crippen LogP contribution in [-0.2, 0) is 9.53 Å². The molecule has 0 saturated heterocycles. The predicted octanol–water partition coefficient (Wildman–Crippen LogP) is 3.09. The molecule has 5 nitrogen and oxygen atoms in total. The second kappa shape index (κ2) is 6.47. The first-order valence-electron chi connectivity index (χ1n) is 6.53. The van der Waals surface area contributed by atoms with Gasteiger partial charge in [-0.25, -0.2) is 4.79 Å². The fraction of sp³-hybridized carbons (Fsp3) is 0.467. The maximum absolute atomic E-state index is 12.6. The number of nitrogens with zero attached hydrogens (tertiary/aromatic N) is 1. The van der Waals surface area contributed by atoms with Gasteiger partial charge in [0.1, 0.15) is 5.75 Å². The highest BCUT2D eigenvalue weighted by Gasteiger charge is 2.33. The topological polar surface area (TPSA) is 66.8 Å². The van der Waals surface area contributed by atoms with Crippen molar-refractivity contribution >= 4 is 33.5 Å². The van der Waals surface area contributed by atoms with Crippen molar-refractivity contribution in [3.05, 3.63) is 23.8 Å². The molecule has 1 rings (SSSR count). The van der Waals surface area contributed by atoms with Gasteiger partial charge in [-0.3, -0.25) is 4.79 Å². The van der Waals surface area contributed by atoms with E-state index < -0.39 is 10.3 Å². The molecule has 0 atom stereocenters. The second-order valence-electron chi connectivity index (χ2n) is 5.44. The first-order chi connectivity index (χ1) is 9.59. The first kappa shape index (κ1) is 17.5. The summed E-state index contributed by atoms with van der Waals surface area (Å²) < 4.78 is 3.88. The van der Waals surface area contributed by atoms with E-state index in [1.807, 2.05) is 13.8 Å². The molecule has 1 amide bonds. The summed E-state index contributed by atoms with van der Waals surface area (Å²) in [5, 5.41) is 10.1. The highest BCUT2D eigenvalue weighted by molar-refractivity contribution is 9.10. The third-order valence-electron chi connectivity index (χ3n) is 2.90. The van der Waals surface area contributed by atoms with Gasteiger partial charge < -0.3 is 14.7 Å². The average Bonchev–Trinajstić information content (AvgIpc) is 2.38. The molecule has 0 saturated carbocycles. The number of phenolic OH excluding ortho intramolecular Hbond substituents is 1. The Hall–Kier alpha value is -1.56. The van der Waals surface area contributed by atoms with Gasteiger partial charge in [-0.05, 0) is 45.9 Å². The normalized spacial score (nSPS) is 11.4. The van der Waals surface area contributed by atoms with Crippen LogP contribution in [0.1, 0.15) is 38.1 Å². The highest BCUT2D eigenvalue weighted by atomic mass is 79.9. The molecule has 6 heteroatoms. The van der Waals surface area contributed by atoms with Crippen molar-refractivity contribution in [2.45, 2.75) is 38.1 Å². The molecule has 21 heavy (non-hydrogen) atoms. The van der Waals surface area contributed by atoms with E-state index in [2.05, 4.69) is 20.7 Å². The Kier molecular flexibility index (Phi) is 5.39. The molecule has 1 aromatic rings. The molecule has 0 heterocycles. The Bertz CT molecular complexity index is 549. The van der Waals surface area contributed by atoms with Crippen molar-refractivity contribution in [2.24, 2.45) is 0 Å². The number of anilines is 1. The summed E-state index contributed by atoms with van der Waals surface area (Å²) in [6.07, 6.45) is 0. The van der Waals surface area contributed by atoms with Gasteiger partial charge in [0.05, 0.1) is 22.7 Å². The third kappa shape index (κ3) is 3.97. The van der Waals surface area contributed by atoms with Gasteiger partial charge in [-0.2, -0.15) is 0 Å². The van der Waals surface area contributed by atoms with Gasteiger partial charge in [-0.1, -0.05) is 15.9 Å². The largest absolute Gasteiger partial charge is 0.506 e. The summed E-state index contributed by atoms with van der Waals surface area (Å²) in [4.78, 5) is 25.6. The van der Waals surface area contributed by atoms with Crippen LogP contribution in [0, 0.1) is 0 Å². The molecule has 1 aromatic carbocycles. The van der Waals surface area contributed by atoms with Crippen molar-refractivity contribution in [3.63, 3.8) is 0 Å². The summed E-state index contributed by atoms with van der Waals surface area (Å²) in [6.45, 7) is 7.12. The monoisotopic (exact) mass is 357 g/mol. The van der Waals surface area contributed by atoms with Gasteiger partial charge in [-0.15, -0.1) is 0 Å². The number of hydrogen-bond acceptors (Lipinski definition) is 4. The van der Waals surface area contributed by atoms with Crippen molar-refractivity contribution in [1.29, 1.82) is 0 Å². The lowest BCUT2D eigenvalue weighted by molar-refractivity contribution is -0.120. The number of alkyl halides is 1. The molecule has 0 radical (unpaired) electrons. The van der Waals surface area contributed by atoms with E-state index in [1.54, 1.807) is 13.8 Å². The van der Waals surface area contributed by atoms with Crippen LogP contribution in [0.3, 0.4) is 0 Å². The van der Waals surface area contributed by atoms with Crippen LogP contribution < -0.4 is 4.90 Å². The van der Waals surface area contributed by atoms with E-state index in [1.165, 1.54) is 30.2 Å². The molecule has 1 N–H and O–H groups in total. The maximum Gasteiger partial charge on any atom is 0.337 e. The number of carbonyl (C=O) groups is 2. The van der Waals surface area contributed by atoms with Crippen LogP contribution >= 0.6 is 15.9 Å². The number of carbonyl (C=O) groups excluding carboxylic acids is 2. The smallest absolute Gasteiger partial charge is 0.337 e. The summed E-state index contributed by atoms with van der Waals surface area (Å²) in [6, 6.07) is 4.10. The Morgan fingerprint density at radius 2 is 1.90 bits per heavy atom. The van der Waals surface area contributed by atoms with Gasteiger partial charge >= 0.3 is 5.97 Å². The number of halogens is 1. The molecule has 0 fully saturated rings. The van der Waals surface area contributed by atoms with E-state index in [4.69, 9.17) is 0 Å². The Balaban J connectivity index is 3.38. The van der Waals surface area contributed by atoms with Gasteiger partial charge in [0.2, 0.25) is 5.91 Å². The Labute approximate surface area is 133 Å². The van der Waals surface area contributed by atoms with Crippen LogP contribution in [0.5, 0.6) is 5.75 Å². The molecule has 0 aliphatic carbocycles. The molecule has 0 unspecified atom stereocenters. The number of phenols is 1. The van der Waals surface area contributed by atoms with E-state index >= 15 is 0 Å². The zero-order chi connectivity index (χ0) is 16.4. The standard InChI is InChI=1S/C15H20BrNO4/c1-9(2)17(14(20)15(3,4)16)11-8-10(13(19)21-5)6-7-12(11)18/h6-9,18H,1-5H3. The van der Waals surface area contributed by atoms with Crippen molar-refractivity contribution in [2.75, 3.05) is 12.0 Å². The zero-order valence-corrected chi connectivity index (χ0v) is 14.4. The number of ether oxygens (including phenoxy) is 1. The number of methoxy groups -OCH3 is 1. The van der Waals surface area contributed by atoms with Crippen LogP contribution in [0.25, 0.3) is 0 Å². The van der Waals surface area contributed by atoms with Crippen LogP contribution in [0.4, 0.5) is 5.69 Å². The van der Waals surface area contributed by atoms with E-state index in [0.717, 1.165) is 0 Å². The fourth-order valence-corrected chi connectivity index (χ4v) is 2.06. The number of amides is 1. The van der Waals surface area contributed by atoms with Gasteiger partial charge in [0.25, 0.3) is 0 Å². The summed E-state index contributed by atoms with van der Waals surface area (Å²) in [5.74, 6) is -0.804. The Morgan fingerprint density at radius 1 is 1.33 bits per heavy atom. The minimum atomic E-state index is -0.787. The van der Waals surface area contributed by atoms with Crippen molar-refractivity contribution in [1.82, 2.24) is 0 Å². The number of esters is 1. The number of hydrogen-bond donors (Lipinski definition) is 1. The van der Waals surface area contributed by atoms with Crippen LogP contribution in [0.15, 0.2) is 18.2 Å². The highest BCUT2D eigenvalue weighted by Crippen LogP contribution is 2.33. The lowest BCUT2D eigenvalue weighted by atomic mass is 10.1. The summed E-state index contributed by atoms with van der Waals surface area (Å²) in [5.41, 5.74) is 0.557. The van der Waals surface area contributed by atoms with Gasteiger partial charge in [0.15, 0.2) is 0 Å². The van der Waals surface area contributed by atoms with Crippen molar-refractivity contribution in [3.8, 4) is 5.75 Å². The molecule has 0 aliphatic heterocycles. The lowest BCUT2D eigenvalue weighted by Crippen LogP contribution is -2.45. The van der Waals surface area contributed by atoms with Crippen LogP contribution in [-0.4, -0.2) is 34.5 Å². The zero-order valence-electron chi connectivity index (χ0n) is 12.8. The molecule has 116 valence electrons. The first-order valence-corrected chi connectivity index (χ1v) is 7.32. The molecular weight excluding hydrogens is 338 g/mol. The molecule has 0 aliphatic rings. The Morgan fingerprint density at radius 3 is 2.33 bits per heavy atom. The van der Waals surface area contributed by atoms with Crippen LogP contribution in [0.2, 0.25) is 0 Å².